The van der Waals surface area contributed by atoms with Crippen molar-refractivity contribution in [1.82, 2.24) is 4.90 Å². The molecule has 4 heteroatoms. The number of benzene rings is 1. The second kappa shape index (κ2) is 4.79. The van der Waals surface area contributed by atoms with E-state index in [0.29, 0.717) is 30.2 Å². The molecular weight excluding hydrogens is 218 g/mol. The fourth-order valence-corrected chi connectivity index (χ4v) is 1.65. The standard InChI is InChI=1S/C13H13NO3/c1-3-7-14(4-2)13(15)10-5-6-11-12(8-10)17-9-16-11/h1,5-6,8H,4,7,9H2,2H3. The molecule has 0 bridgehead atoms. The number of carbonyl (C=O) groups is 1. The van der Waals surface area contributed by atoms with Gasteiger partial charge in [-0.15, -0.1) is 6.42 Å². The molecular formula is C13H13NO3. The van der Waals surface area contributed by atoms with Gasteiger partial charge < -0.3 is 14.4 Å². The first-order chi connectivity index (χ1) is 8.26. The molecule has 2 rings (SSSR count). The summed E-state index contributed by atoms with van der Waals surface area (Å²) >= 11 is 0. The molecule has 0 saturated heterocycles. The Balaban J connectivity index is 2.22. The monoisotopic (exact) mass is 231 g/mol. The Labute approximate surface area is 100 Å². The number of ether oxygens (including phenoxy) is 2. The van der Waals surface area contributed by atoms with Gasteiger partial charge in [0.05, 0.1) is 6.54 Å². The minimum absolute atomic E-state index is 0.0937. The topological polar surface area (TPSA) is 38.8 Å². The van der Waals surface area contributed by atoms with Crippen molar-refractivity contribution in [3.05, 3.63) is 23.8 Å². The number of carbonyl (C=O) groups excluding carboxylic acids is 1. The zero-order valence-corrected chi connectivity index (χ0v) is 9.60. The third-order valence-electron chi connectivity index (χ3n) is 2.57. The van der Waals surface area contributed by atoms with Crippen LogP contribution in [0.2, 0.25) is 0 Å². The number of rotatable bonds is 3. The maximum absolute atomic E-state index is 12.1. The normalized spacial score (nSPS) is 12.0. The van der Waals surface area contributed by atoms with Gasteiger partial charge in [-0.1, -0.05) is 5.92 Å². The summed E-state index contributed by atoms with van der Waals surface area (Å²) in [6, 6.07) is 5.14. The molecule has 1 amide bonds. The van der Waals surface area contributed by atoms with Gasteiger partial charge in [-0.3, -0.25) is 4.79 Å². The van der Waals surface area contributed by atoms with Crippen molar-refractivity contribution < 1.29 is 14.3 Å². The summed E-state index contributed by atoms with van der Waals surface area (Å²) in [5.74, 6) is 3.65. The molecule has 4 nitrogen and oxygen atoms in total. The van der Waals surface area contributed by atoms with Crippen LogP contribution in [-0.4, -0.2) is 30.7 Å². The maximum atomic E-state index is 12.1. The van der Waals surface area contributed by atoms with E-state index in [-0.39, 0.29) is 12.7 Å². The molecule has 1 heterocycles. The molecule has 1 aliphatic heterocycles. The molecule has 0 spiro atoms. The molecule has 1 aromatic carbocycles. The van der Waals surface area contributed by atoms with Gasteiger partial charge in [0.2, 0.25) is 6.79 Å². The van der Waals surface area contributed by atoms with Crippen LogP contribution in [-0.2, 0) is 0 Å². The fourth-order valence-electron chi connectivity index (χ4n) is 1.65. The lowest BCUT2D eigenvalue weighted by atomic mass is 10.1. The first-order valence-corrected chi connectivity index (χ1v) is 5.38. The number of hydrogen-bond acceptors (Lipinski definition) is 3. The smallest absolute Gasteiger partial charge is 0.254 e. The van der Waals surface area contributed by atoms with E-state index >= 15 is 0 Å². The van der Waals surface area contributed by atoms with Crippen molar-refractivity contribution in [2.24, 2.45) is 0 Å². The predicted octanol–water partition coefficient (Wildman–Crippen LogP) is 1.51. The van der Waals surface area contributed by atoms with E-state index in [1.54, 1.807) is 23.1 Å². The van der Waals surface area contributed by atoms with Crippen LogP contribution >= 0.6 is 0 Å². The van der Waals surface area contributed by atoms with E-state index in [1.165, 1.54) is 0 Å². The Hall–Kier alpha value is -2.15. The Morgan fingerprint density at radius 2 is 2.24 bits per heavy atom. The fraction of sp³-hybridized carbons (Fsp3) is 0.308. The van der Waals surface area contributed by atoms with Crippen molar-refractivity contribution in [2.45, 2.75) is 6.92 Å². The molecule has 0 unspecified atom stereocenters. The minimum atomic E-state index is -0.0937. The first-order valence-electron chi connectivity index (χ1n) is 5.38. The summed E-state index contributed by atoms with van der Waals surface area (Å²) in [5.41, 5.74) is 0.561. The Bertz CT molecular complexity index is 476. The molecule has 1 aliphatic rings. The van der Waals surface area contributed by atoms with Crippen LogP contribution in [0.1, 0.15) is 17.3 Å². The first kappa shape index (κ1) is 11.3. The van der Waals surface area contributed by atoms with E-state index in [1.807, 2.05) is 6.92 Å². The van der Waals surface area contributed by atoms with Gasteiger partial charge >= 0.3 is 0 Å². The van der Waals surface area contributed by atoms with Gasteiger partial charge in [-0.2, -0.15) is 0 Å². The zero-order valence-electron chi connectivity index (χ0n) is 9.60. The van der Waals surface area contributed by atoms with Crippen LogP contribution in [0.25, 0.3) is 0 Å². The molecule has 0 aromatic heterocycles. The molecule has 0 saturated carbocycles. The molecule has 0 atom stereocenters. The van der Waals surface area contributed by atoms with E-state index in [0.717, 1.165) is 0 Å². The molecule has 0 aliphatic carbocycles. The molecule has 88 valence electrons. The third kappa shape index (κ3) is 2.18. The van der Waals surface area contributed by atoms with Crippen LogP contribution in [0, 0.1) is 12.3 Å². The molecule has 1 aromatic rings. The second-order valence-electron chi connectivity index (χ2n) is 3.59. The average Bonchev–Trinajstić information content (AvgIpc) is 2.82. The highest BCUT2D eigenvalue weighted by atomic mass is 16.7. The van der Waals surface area contributed by atoms with Crippen LogP contribution in [0.4, 0.5) is 0 Å². The van der Waals surface area contributed by atoms with Gasteiger partial charge in [-0.05, 0) is 25.1 Å². The van der Waals surface area contributed by atoms with Gasteiger partial charge in [0, 0.05) is 12.1 Å². The van der Waals surface area contributed by atoms with Crippen LogP contribution < -0.4 is 9.47 Å². The maximum Gasteiger partial charge on any atom is 0.254 e. The average molecular weight is 231 g/mol. The van der Waals surface area contributed by atoms with Crippen molar-refractivity contribution in [2.75, 3.05) is 19.9 Å². The number of fused-ring (bicyclic) bond motifs is 1. The molecule has 0 fully saturated rings. The Morgan fingerprint density at radius 1 is 1.47 bits per heavy atom. The van der Waals surface area contributed by atoms with Crippen molar-refractivity contribution in [3.63, 3.8) is 0 Å². The number of hydrogen-bond donors (Lipinski definition) is 0. The Morgan fingerprint density at radius 3 is 2.94 bits per heavy atom. The van der Waals surface area contributed by atoms with Crippen LogP contribution in [0.5, 0.6) is 11.5 Å². The summed E-state index contributed by atoms with van der Waals surface area (Å²) < 4.78 is 10.4. The number of terminal acetylenes is 1. The van der Waals surface area contributed by atoms with Gasteiger partial charge in [-0.25, -0.2) is 0 Å². The third-order valence-corrected chi connectivity index (χ3v) is 2.57. The van der Waals surface area contributed by atoms with E-state index < -0.39 is 0 Å². The highest BCUT2D eigenvalue weighted by Crippen LogP contribution is 2.32. The summed E-state index contributed by atoms with van der Waals surface area (Å²) in [6.45, 7) is 2.98. The second-order valence-corrected chi connectivity index (χ2v) is 3.59. The minimum Gasteiger partial charge on any atom is -0.454 e. The number of nitrogens with zero attached hydrogens (tertiary/aromatic N) is 1. The van der Waals surface area contributed by atoms with Gasteiger partial charge in [0.1, 0.15) is 0 Å². The Kier molecular flexibility index (Phi) is 3.20. The van der Waals surface area contributed by atoms with Crippen LogP contribution in [0.15, 0.2) is 18.2 Å². The highest BCUT2D eigenvalue weighted by molar-refractivity contribution is 5.95. The largest absolute Gasteiger partial charge is 0.454 e. The van der Waals surface area contributed by atoms with E-state index in [9.17, 15) is 4.79 Å². The summed E-state index contributed by atoms with van der Waals surface area (Å²) in [7, 11) is 0. The van der Waals surface area contributed by atoms with Crippen molar-refractivity contribution in [1.29, 1.82) is 0 Å². The molecule has 17 heavy (non-hydrogen) atoms. The summed E-state index contributed by atoms with van der Waals surface area (Å²) in [4.78, 5) is 13.7. The SMILES string of the molecule is C#CCN(CC)C(=O)c1ccc2c(c1)OCO2. The van der Waals surface area contributed by atoms with E-state index in [2.05, 4.69) is 5.92 Å². The molecule has 0 radical (unpaired) electrons. The van der Waals surface area contributed by atoms with Gasteiger partial charge in [0.15, 0.2) is 11.5 Å². The lowest BCUT2D eigenvalue weighted by Crippen LogP contribution is -2.31. The van der Waals surface area contributed by atoms with Gasteiger partial charge in [0.25, 0.3) is 5.91 Å². The predicted molar refractivity (Wildman–Crippen MR) is 63.0 cm³/mol. The highest BCUT2D eigenvalue weighted by Gasteiger charge is 2.18. The van der Waals surface area contributed by atoms with Crippen molar-refractivity contribution >= 4 is 5.91 Å². The number of amides is 1. The summed E-state index contributed by atoms with van der Waals surface area (Å²) in [5, 5.41) is 0. The van der Waals surface area contributed by atoms with Crippen LogP contribution in [0.3, 0.4) is 0 Å². The summed E-state index contributed by atoms with van der Waals surface area (Å²) in [6.07, 6.45) is 5.22. The van der Waals surface area contributed by atoms with E-state index in [4.69, 9.17) is 15.9 Å². The van der Waals surface area contributed by atoms with Crippen molar-refractivity contribution in [3.8, 4) is 23.8 Å². The zero-order chi connectivity index (χ0) is 12.3. The lowest BCUT2D eigenvalue weighted by Gasteiger charge is -2.17. The molecule has 0 N–H and O–H groups in total. The quantitative estimate of drug-likeness (QED) is 0.740. The lowest BCUT2D eigenvalue weighted by molar-refractivity contribution is 0.0784.